The normalized spacial score (nSPS) is 11.2. The van der Waals surface area contributed by atoms with Crippen LogP contribution in [0.1, 0.15) is 11.3 Å². The molecule has 0 saturated carbocycles. The highest BCUT2D eigenvalue weighted by atomic mass is 35.5. The number of hydrogen-bond acceptors (Lipinski definition) is 3. The number of halogens is 2. The molecule has 17 heavy (non-hydrogen) atoms. The van der Waals surface area contributed by atoms with Crippen LogP contribution in [0.3, 0.4) is 0 Å². The van der Waals surface area contributed by atoms with Crippen LogP contribution < -0.4 is 5.84 Å². The van der Waals surface area contributed by atoms with E-state index in [9.17, 15) is 4.39 Å². The molecule has 0 radical (unpaired) electrons. The van der Waals surface area contributed by atoms with Crippen molar-refractivity contribution in [2.24, 2.45) is 10.9 Å². The summed E-state index contributed by atoms with van der Waals surface area (Å²) in [5.74, 6) is 4.78. The average molecular weight is 253 g/mol. The number of aromatic nitrogens is 2. The molecule has 6 heteroatoms. The molecular weight excluding hydrogens is 243 g/mol. The predicted octanol–water partition coefficient (Wildman–Crippen LogP) is 2.27. The summed E-state index contributed by atoms with van der Waals surface area (Å²) in [4.78, 5) is 0. The molecule has 0 fully saturated rings. The van der Waals surface area contributed by atoms with E-state index in [2.05, 4.69) is 10.2 Å². The molecule has 0 amide bonds. The van der Waals surface area contributed by atoms with Gasteiger partial charge in [-0.1, -0.05) is 11.6 Å². The molecule has 1 aromatic heterocycles. The van der Waals surface area contributed by atoms with Gasteiger partial charge >= 0.3 is 0 Å². The van der Waals surface area contributed by atoms with Gasteiger partial charge in [0.05, 0.1) is 23.2 Å². The summed E-state index contributed by atoms with van der Waals surface area (Å²) in [6.07, 6.45) is 1.44. The summed E-state index contributed by atoms with van der Waals surface area (Å²) in [6.45, 7) is 1.79. The minimum Gasteiger partial charge on any atom is -0.323 e. The SMILES string of the molecule is Cc1nn(-c2ccc(F)cc2)c(Cl)c1/C=N\N. The van der Waals surface area contributed by atoms with E-state index in [1.165, 1.54) is 23.0 Å². The standard InChI is InChI=1S/C11H10ClFN4/c1-7-10(6-15-14)11(12)17(16-7)9-4-2-8(13)3-5-9/h2-6H,14H2,1H3/b15-6-. The van der Waals surface area contributed by atoms with Crippen LogP contribution in [0.5, 0.6) is 0 Å². The molecular formula is C11H10ClFN4. The van der Waals surface area contributed by atoms with Crippen molar-refractivity contribution in [3.8, 4) is 5.69 Å². The number of rotatable bonds is 2. The third-order valence-corrected chi connectivity index (χ3v) is 2.69. The third kappa shape index (κ3) is 2.14. The van der Waals surface area contributed by atoms with Crippen molar-refractivity contribution < 1.29 is 4.39 Å². The first-order valence-electron chi connectivity index (χ1n) is 4.88. The van der Waals surface area contributed by atoms with E-state index in [-0.39, 0.29) is 5.82 Å². The maximum absolute atomic E-state index is 12.8. The van der Waals surface area contributed by atoms with Gasteiger partial charge in [-0.05, 0) is 31.2 Å². The van der Waals surface area contributed by atoms with E-state index < -0.39 is 0 Å². The van der Waals surface area contributed by atoms with Crippen molar-refractivity contribution >= 4 is 17.8 Å². The fraction of sp³-hybridized carbons (Fsp3) is 0.0909. The molecule has 2 N–H and O–H groups in total. The second-order valence-electron chi connectivity index (χ2n) is 3.46. The number of nitrogens with zero attached hydrogens (tertiary/aromatic N) is 3. The molecule has 2 aromatic rings. The van der Waals surface area contributed by atoms with Crippen LogP contribution in [0.2, 0.25) is 5.15 Å². The highest BCUT2D eigenvalue weighted by Crippen LogP contribution is 2.22. The molecule has 0 unspecified atom stereocenters. The Morgan fingerprint density at radius 1 is 1.41 bits per heavy atom. The zero-order chi connectivity index (χ0) is 12.4. The average Bonchev–Trinajstić information content (AvgIpc) is 2.59. The van der Waals surface area contributed by atoms with Gasteiger partial charge in [0.25, 0.3) is 0 Å². The summed E-state index contributed by atoms with van der Waals surface area (Å²) < 4.78 is 14.3. The lowest BCUT2D eigenvalue weighted by Gasteiger charge is -2.02. The maximum atomic E-state index is 12.8. The van der Waals surface area contributed by atoms with Crippen LogP contribution in [-0.4, -0.2) is 16.0 Å². The van der Waals surface area contributed by atoms with Gasteiger partial charge in [0, 0.05) is 0 Å². The van der Waals surface area contributed by atoms with Crippen molar-refractivity contribution in [1.29, 1.82) is 0 Å². The summed E-state index contributed by atoms with van der Waals surface area (Å²) in [7, 11) is 0. The van der Waals surface area contributed by atoms with Gasteiger partial charge in [0.15, 0.2) is 0 Å². The fourth-order valence-corrected chi connectivity index (χ4v) is 1.81. The van der Waals surface area contributed by atoms with E-state index in [0.29, 0.717) is 22.1 Å². The van der Waals surface area contributed by atoms with E-state index in [0.717, 1.165) is 0 Å². The summed E-state index contributed by atoms with van der Waals surface area (Å²) in [5.41, 5.74) is 2.03. The molecule has 0 aliphatic rings. The molecule has 2 rings (SSSR count). The zero-order valence-electron chi connectivity index (χ0n) is 9.06. The first-order valence-corrected chi connectivity index (χ1v) is 5.25. The van der Waals surface area contributed by atoms with Gasteiger partial charge in [-0.25, -0.2) is 9.07 Å². The van der Waals surface area contributed by atoms with Gasteiger partial charge in [0.2, 0.25) is 0 Å². The topological polar surface area (TPSA) is 56.2 Å². The Kier molecular flexibility index (Phi) is 3.10. The van der Waals surface area contributed by atoms with Gasteiger partial charge in [-0.3, -0.25) is 0 Å². The Morgan fingerprint density at radius 3 is 2.65 bits per heavy atom. The minimum absolute atomic E-state index is 0.308. The van der Waals surface area contributed by atoms with Gasteiger partial charge in [-0.2, -0.15) is 10.2 Å². The van der Waals surface area contributed by atoms with E-state index in [4.69, 9.17) is 17.4 Å². The first-order chi connectivity index (χ1) is 8.13. The number of aryl methyl sites for hydroxylation is 1. The third-order valence-electron chi connectivity index (χ3n) is 2.32. The van der Waals surface area contributed by atoms with E-state index in [1.54, 1.807) is 19.1 Å². The Balaban J connectivity index is 2.53. The molecule has 0 bridgehead atoms. The Hall–Kier alpha value is -1.88. The van der Waals surface area contributed by atoms with Gasteiger partial charge < -0.3 is 5.84 Å². The van der Waals surface area contributed by atoms with Crippen molar-refractivity contribution in [3.63, 3.8) is 0 Å². The number of hydrazone groups is 1. The molecule has 0 saturated heterocycles. The number of nitrogens with two attached hydrogens (primary N) is 1. The van der Waals surface area contributed by atoms with Crippen LogP contribution in [0, 0.1) is 12.7 Å². The van der Waals surface area contributed by atoms with Crippen molar-refractivity contribution in [1.82, 2.24) is 9.78 Å². The van der Waals surface area contributed by atoms with Crippen LogP contribution in [0.15, 0.2) is 29.4 Å². The van der Waals surface area contributed by atoms with Crippen molar-refractivity contribution in [2.75, 3.05) is 0 Å². The lowest BCUT2D eigenvalue weighted by atomic mass is 10.3. The van der Waals surface area contributed by atoms with Gasteiger partial charge in [0.1, 0.15) is 11.0 Å². The van der Waals surface area contributed by atoms with Crippen molar-refractivity contribution in [2.45, 2.75) is 6.92 Å². The molecule has 0 spiro atoms. The van der Waals surface area contributed by atoms with Crippen molar-refractivity contribution in [3.05, 3.63) is 46.5 Å². The number of hydrogen-bond donors (Lipinski definition) is 1. The highest BCUT2D eigenvalue weighted by Gasteiger charge is 2.12. The van der Waals surface area contributed by atoms with Crippen LogP contribution in [0.4, 0.5) is 4.39 Å². The first kappa shape index (κ1) is 11.6. The Labute approximate surface area is 102 Å². The second-order valence-corrected chi connectivity index (χ2v) is 3.81. The second kappa shape index (κ2) is 4.55. The maximum Gasteiger partial charge on any atom is 0.142 e. The Morgan fingerprint density at radius 2 is 2.06 bits per heavy atom. The highest BCUT2D eigenvalue weighted by molar-refractivity contribution is 6.32. The molecule has 0 aliphatic carbocycles. The molecule has 1 aromatic carbocycles. The largest absolute Gasteiger partial charge is 0.323 e. The summed E-state index contributed by atoms with van der Waals surface area (Å²) >= 11 is 6.14. The van der Waals surface area contributed by atoms with E-state index >= 15 is 0 Å². The summed E-state index contributed by atoms with van der Waals surface area (Å²) in [5, 5.41) is 8.06. The molecule has 0 aliphatic heterocycles. The van der Waals surface area contributed by atoms with E-state index in [1.807, 2.05) is 0 Å². The molecule has 88 valence electrons. The molecule has 0 atom stereocenters. The Bertz CT molecular complexity index is 560. The van der Waals surface area contributed by atoms with Crippen LogP contribution in [-0.2, 0) is 0 Å². The zero-order valence-corrected chi connectivity index (χ0v) is 9.82. The molecule has 1 heterocycles. The number of benzene rings is 1. The lowest BCUT2D eigenvalue weighted by Crippen LogP contribution is -1.96. The monoisotopic (exact) mass is 252 g/mol. The fourth-order valence-electron chi connectivity index (χ4n) is 1.49. The molecule has 4 nitrogen and oxygen atoms in total. The minimum atomic E-state index is -0.308. The quantitative estimate of drug-likeness (QED) is 0.506. The lowest BCUT2D eigenvalue weighted by molar-refractivity contribution is 0.627. The predicted molar refractivity (Wildman–Crippen MR) is 65.1 cm³/mol. The smallest absolute Gasteiger partial charge is 0.142 e. The van der Waals surface area contributed by atoms with Gasteiger partial charge in [-0.15, -0.1) is 0 Å². The van der Waals surface area contributed by atoms with Crippen LogP contribution >= 0.6 is 11.6 Å². The summed E-state index contributed by atoms with van der Waals surface area (Å²) in [6, 6.07) is 5.88. The van der Waals surface area contributed by atoms with Crippen LogP contribution in [0.25, 0.3) is 5.69 Å².